The highest BCUT2D eigenvalue weighted by Crippen LogP contribution is 2.73. The Morgan fingerprint density at radius 2 is 1.71 bits per heavy atom. The third kappa shape index (κ3) is 2.98. The summed E-state index contributed by atoms with van der Waals surface area (Å²) in [5, 5.41) is 10.0. The van der Waals surface area contributed by atoms with E-state index in [1.807, 2.05) is 12.1 Å². The van der Waals surface area contributed by atoms with Crippen molar-refractivity contribution in [3.05, 3.63) is 47.5 Å². The summed E-state index contributed by atoms with van der Waals surface area (Å²) in [6.07, 6.45) is 8.24. The molecule has 3 fully saturated rings. The smallest absolute Gasteiger partial charge is 0.339 e. The quantitative estimate of drug-likeness (QED) is 0.630. The van der Waals surface area contributed by atoms with Gasteiger partial charge in [0, 0.05) is 11.8 Å². The van der Waals surface area contributed by atoms with Gasteiger partial charge in [-0.25, -0.2) is 4.79 Å². The van der Waals surface area contributed by atoms with Crippen molar-refractivity contribution in [2.45, 2.75) is 77.7 Å². The van der Waals surface area contributed by atoms with Gasteiger partial charge in [-0.05, 0) is 85.8 Å². The number of ketones is 2. The maximum atomic E-state index is 13.4. The Hall–Kier alpha value is -2.27. The summed E-state index contributed by atoms with van der Waals surface area (Å²) in [5.41, 5.74) is -0.336. The van der Waals surface area contributed by atoms with E-state index in [0.29, 0.717) is 30.2 Å². The van der Waals surface area contributed by atoms with Gasteiger partial charge in [-0.15, -0.1) is 0 Å². The molecular weight excluding hydrogens is 428 g/mol. The second-order valence-corrected chi connectivity index (χ2v) is 11.8. The molecule has 0 amide bonds. The number of aliphatic hydroxyl groups excluding tert-OH is 1. The van der Waals surface area contributed by atoms with Gasteiger partial charge >= 0.3 is 5.97 Å². The van der Waals surface area contributed by atoms with Gasteiger partial charge in [0.1, 0.15) is 6.61 Å². The molecule has 0 heterocycles. The molecule has 0 bridgehead atoms. The number of esters is 1. The molecule has 1 unspecified atom stereocenters. The number of ether oxygens (including phenoxy) is 1. The van der Waals surface area contributed by atoms with Crippen molar-refractivity contribution in [1.29, 1.82) is 0 Å². The first-order valence-corrected chi connectivity index (χ1v) is 12.8. The highest BCUT2D eigenvalue weighted by atomic mass is 16.6. The van der Waals surface area contributed by atoms with Gasteiger partial charge in [0.05, 0.1) is 5.56 Å². The summed E-state index contributed by atoms with van der Waals surface area (Å²) < 4.78 is 6.20. The van der Waals surface area contributed by atoms with Crippen LogP contribution in [0.25, 0.3) is 0 Å². The van der Waals surface area contributed by atoms with Crippen LogP contribution in [0.15, 0.2) is 42.0 Å². The maximum absolute atomic E-state index is 13.4. The number of hydrogen-bond acceptors (Lipinski definition) is 5. The van der Waals surface area contributed by atoms with Crippen molar-refractivity contribution < 1.29 is 24.2 Å². The Morgan fingerprint density at radius 3 is 2.41 bits per heavy atom. The lowest BCUT2D eigenvalue weighted by Gasteiger charge is -2.63. The first kappa shape index (κ1) is 23.5. The Bertz CT molecular complexity index is 1060. The third-order valence-corrected chi connectivity index (χ3v) is 10.8. The molecule has 0 radical (unpaired) electrons. The average Bonchev–Trinajstić information content (AvgIpc) is 3.07. The van der Waals surface area contributed by atoms with E-state index >= 15 is 0 Å². The van der Waals surface area contributed by atoms with Crippen LogP contribution in [0.3, 0.4) is 0 Å². The number of Topliss-reactive ketones (excluding diaryl/α,β-unsaturated/α-hetero) is 1. The van der Waals surface area contributed by atoms with E-state index in [-0.39, 0.29) is 22.4 Å². The van der Waals surface area contributed by atoms with E-state index < -0.39 is 23.6 Å². The number of allylic oxidation sites excluding steroid dienone is 1. The van der Waals surface area contributed by atoms with E-state index in [2.05, 4.69) is 20.8 Å². The Kier molecular flexibility index (Phi) is 5.44. The Labute approximate surface area is 202 Å². The van der Waals surface area contributed by atoms with Crippen LogP contribution in [0.2, 0.25) is 0 Å². The van der Waals surface area contributed by atoms with E-state index in [4.69, 9.17) is 4.74 Å². The molecule has 1 aromatic carbocycles. The van der Waals surface area contributed by atoms with E-state index in [0.717, 1.165) is 38.5 Å². The first-order valence-electron chi connectivity index (χ1n) is 12.8. The molecule has 0 spiro atoms. The van der Waals surface area contributed by atoms with Crippen LogP contribution < -0.4 is 0 Å². The minimum atomic E-state index is -1.33. The van der Waals surface area contributed by atoms with E-state index in [9.17, 15) is 19.5 Å². The van der Waals surface area contributed by atoms with Crippen molar-refractivity contribution >= 4 is 17.5 Å². The van der Waals surface area contributed by atoms with Gasteiger partial charge < -0.3 is 9.84 Å². The molecule has 0 aromatic heterocycles. The van der Waals surface area contributed by atoms with Gasteiger partial charge in [0.15, 0.2) is 11.4 Å². The van der Waals surface area contributed by atoms with Gasteiger partial charge in [-0.1, -0.05) is 44.5 Å². The lowest BCUT2D eigenvalue weighted by Crippen LogP contribution is -2.63. The van der Waals surface area contributed by atoms with Crippen molar-refractivity contribution in [2.75, 3.05) is 6.61 Å². The van der Waals surface area contributed by atoms with Crippen molar-refractivity contribution in [2.24, 2.45) is 28.1 Å². The summed E-state index contributed by atoms with van der Waals surface area (Å²) in [5.74, 6) is 0.196. The molecule has 5 heteroatoms. The van der Waals surface area contributed by atoms with E-state index in [1.54, 1.807) is 24.3 Å². The van der Waals surface area contributed by atoms with Gasteiger partial charge in [-0.2, -0.15) is 0 Å². The van der Waals surface area contributed by atoms with Crippen LogP contribution in [0.4, 0.5) is 0 Å². The fourth-order valence-electron chi connectivity index (χ4n) is 8.56. The number of hydrogen-bond donors (Lipinski definition) is 1. The predicted molar refractivity (Wildman–Crippen MR) is 128 cm³/mol. The standard InChI is InChI=1S/C29H36O5/c1-26-13-11-21(31)17-20(26)9-10-23-22(26)12-14-28(3)27(23,2)15-16-29(28,24(32)18-30)34-25(33)19-7-5-4-6-8-19/h4-8,17,22-23,30H,9-16,18H2,1-3H3/t22-,23+,26-,27-,28?,29-/m0/s1. The molecule has 3 saturated carbocycles. The Balaban J connectivity index is 1.54. The fourth-order valence-corrected chi connectivity index (χ4v) is 8.56. The number of carbonyl (C=O) groups is 3. The normalized spacial score (nSPS) is 41.1. The minimum Gasteiger partial charge on any atom is -0.447 e. The Morgan fingerprint density at radius 1 is 0.971 bits per heavy atom. The molecule has 182 valence electrons. The number of fused-ring (bicyclic) bond motifs is 5. The van der Waals surface area contributed by atoms with Crippen LogP contribution in [-0.4, -0.2) is 34.9 Å². The number of rotatable bonds is 4. The number of carbonyl (C=O) groups excluding carboxylic acids is 3. The summed E-state index contributed by atoms with van der Waals surface area (Å²) in [6.45, 7) is 6.12. The van der Waals surface area contributed by atoms with Crippen molar-refractivity contribution in [1.82, 2.24) is 0 Å². The van der Waals surface area contributed by atoms with Crippen LogP contribution in [0, 0.1) is 28.1 Å². The summed E-state index contributed by atoms with van der Waals surface area (Å²) in [4.78, 5) is 38.8. The van der Waals surface area contributed by atoms with Gasteiger partial charge in [0.25, 0.3) is 0 Å². The summed E-state index contributed by atoms with van der Waals surface area (Å²) >= 11 is 0. The minimum absolute atomic E-state index is 0.0219. The topological polar surface area (TPSA) is 80.7 Å². The average molecular weight is 465 g/mol. The number of benzene rings is 1. The second kappa shape index (κ2) is 7.87. The molecule has 34 heavy (non-hydrogen) atoms. The van der Waals surface area contributed by atoms with Crippen LogP contribution in [0.5, 0.6) is 0 Å². The molecule has 6 atom stereocenters. The van der Waals surface area contributed by atoms with Crippen molar-refractivity contribution in [3.63, 3.8) is 0 Å². The molecule has 4 aliphatic rings. The molecule has 0 saturated heterocycles. The zero-order valence-electron chi connectivity index (χ0n) is 20.6. The van der Waals surface area contributed by atoms with E-state index in [1.165, 1.54) is 5.57 Å². The highest BCUT2D eigenvalue weighted by molar-refractivity contribution is 5.96. The lowest BCUT2D eigenvalue weighted by molar-refractivity contribution is -0.183. The summed E-state index contributed by atoms with van der Waals surface area (Å²) in [6, 6.07) is 8.81. The van der Waals surface area contributed by atoms with Gasteiger partial charge in [-0.3, -0.25) is 9.59 Å². The molecular formula is C29H36O5. The largest absolute Gasteiger partial charge is 0.447 e. The maximum Gasteiger partial charge on any atom is 0.339 e. The third-order valence-electron chi connectivity index (χ3n) is 10.8. The van der Waals surface area contributed by atoms with Crippen LogP contribution >= 0.6 is 0 Å². The predicted octanol–water partition coefficient (Wildman–Crippen LogP) is 5.07. The molecule has 5 rings (SSSR count). The number of aliphatic hydroxyl groups is 1. The first-order chi connectivity index (χ1) is 16.1. The molecule has 5 nitrogen and oxygen atoms in total. The van der Waals surface area contributed by atoms with Crippen LogP contribution in [-0.2, 0) is 14.3 Å². The molecule has 0 aliphatic heterocycles. The van der Waals surface area contributed by atoms with Crippen molar-refractivity contribution in [3.8, 4) is 0 Å². The van der Waals surface area contributed by atoms with Crippen LogP contribution in [0.1, 0.15) is 82.5 Å². The zero-order chi connectivity index (χ0) is 24.4. The fraction of sp³-hybridized carbons (Fsp3) is 0.621. The van der Waals surface area contributed by atoms with Gasteiger partial charge in [0.2, 0.25) is 5.78 Å². The monoisotopic (exact) mass is 464 g/mol. The molecule has 4 aliphatic carbocycles. The highest BCUT2D eigenvalue weighted by Gasteiger charge is 2.73. The second-order valence-electron chi connectivity index (χ2n) is 11.8. The zero-order valence-corrected chi connectivity index (χ0v) is 20.6. The lowest BCUT2D eigenvalue weighted by atomic mass is 9.41. The molecule has 1 aromatic rings. The SMILES string of the molecule is CC12CC[C@H]3[C@@H](CCC4=CC(=O)CC[C@@]43C)[C@]1(C)CC[C@]2(OC(=O)c1ccccc1)C(=O)CO. The summed E-state index contributed by atoms with van der Waals surface area (Å²) in [7, 11) is 0. The molecule has 1 N–H and O–H groups in total.